The van der Waals surface area contributed by atoms with E-state index < -0.39 is 0 Å². The molecule has 2 heterocycles. The maximum Gasteiger partial charge on any atom is 0.129 e. The van der Waals surface area contributed by atoms with Crippen molar-refractivity contribution in [3.05, 3.63) is 47.0 Å². The predicted octanol–water partition coefficient (Wildman–Crippen LogP) is 2.39. The number of hydrogen-bond acceptors (Lipinski definition) is 3. The first-order valence-electron chi connectivity index (χ1n) is 6.26. The summed E-state index contributed by atoms with van der Waals surface area (Å²) in [6.45, 7) is 2.00. The highest BCUT2D eigenvalue weighted by atomic mass is 19.1. The fraction of sp³-hybridized carbons (Fsp3) is 0.357. The number of rotatable bonds is 1. The van der Waals surface area contributed by atoms with Crippen LogP contribution in [0.15, 0.2) is 24.4 Å². The normalized spacial score (nSPS) is 21.9. The third-order valence-electron chi connectivity index (χ3n) is 3.73. The number of nitrogens with two attached hydrogens (primary N) is 1. The van der Waals surface area contributed by atoms with Crippen molar-refractivity contribution in [1.82, 2.24) is 9.78 Å². The number of fused-ring (bicyclic) bond motifs is 1. The molecule has 0 amide bonds. The van der Waals surface area contributed by atoms with Gasteiger partial charge < -0.3 is 10.5 Å². The maximum atomic E-state index is 13.2. The van der Waals surface area contributed by atoms with Crippen LogP contribution in [-0.2, 0) is 7.05 Å². The maximum absolute atomic E-state index is 13.2. The third-order valence-corrected chi connectivity index (χ3v) is 3.73. The Labute approximate surface area is 111 Å². The Morgan fingerprint density at radius 1 is 1.42 bits per heavy atom. The van der Waals surface area contributed by atoms with Crippen LogP contribution in [0.3, 0.4) is 0 Å². The zero-order valence-electron chi connectivity index (χ0n) is 10.9. The van der Waals surface area contributed by atoms with Crippen LogP contribution in [0.4, 0.5) is 4.39 Å². The monoisotopic (exact) mass is 261 g/mol. The zero-order valence-corrected chi connectivity index (χ0v) is 10.9. The lowest BCUT2D eigenvalue weighted by Crippen LogP contribution is -2.24. The molecule has 0 saturated heterocycles. The Bertz CT molecular complexity index is 623. The summed E-state index contributed by atoms with van der Waals surface area (Å²) in [5, 5.41) is 4.22. The minimum Gasteiger partial charge on any atom is -0.485 e. The second-order valence-electron chi connectivity index (χ2n) is 4.94. The lowest BCUT2D eigenvalue weighted by molar-refractivity contribution is 0.160. The summed E-state index contributed by atoms with van der Waals surface area (Å²) in [6.07, 6.45) is 2.31. The average Bonchev–Trinajstić information content (AvgIpc) is 2.71. The van der Waals surface area contributed by atoms with Crippen LogP contribution < -0.4 is 10.5 Å². The van der Waals surface area contributed by atoms with E-state index in [0.717, 1.165) is 16.8 Å². The minimum atomic E-state index is -0.284. The van der Waals surface area contributed by atoms with Crippen molar-refractivity contribution in [3.63, 3.8) is 0 Å². The van der Waals surface area contributed by atoms with E-state index in [4.69, 9.17) is 10.5 Å². The van der Waals surface area contributed by atoms with Gasteiger partial charge in [0.05, 0.1) is 6.20 Å². The van der Waals surface area contributed by atoms with Gasteiger partial charge in [0, 0.05) is 36.3 Å². The Morgan fingerprint density at radius 3 is 2.89 bits per heavy atom. The molecule has 3 rings (SSSR count). The number of aromatic nitrogens is 2. The van der Waals surface area contributed by atoms with Crippen molar-refractivity contribution < 1.29 is 9.13 Å². The molecule has 0 aliphatic carbocycles. The van der Waals surface area contributed by atoms with Gasteiger partial charge in [0.15, 0.2) is 0 Å². The summed E-state index contributed by atoms with van der Waals surface area (Å²) >= 11 is 0. The molecule has 1 aliphatic heterocycles. The number of aryl methyl sites for hydroxylation is 1. The van der Waals surface area contributed by atoms with Gasteiger partial charge in [-0.15, -0.1) is 0 Å². The third kappa shape index (κ3) is 2.00. The van der Waals surface area contributed by atoms with Gasteiger partial charge in [-0.3, -0.25) is 4.68 Å². The molecule has 2 N–H and O–H groups in total. The van der Waals surface area contributed by atoms with Gasteiger partial charge in [0.1, 0.15) is 17.7 Å². The molecule has 0 bridgehead atoms. The van der Waals surface area contributed by atoms with Crippen molar-refractivity contribution >= 4 is 0 Å². The van der Waals surface area contributed by atoms with Gasteiger partial charge in [0.2, 0.25) is 0 Å². The molecule has 1 aromatic heterocycles. The van der Waals surface area contributed by atoms with Crippen LogP contribution in [0.2, 0.25) is 0 Å². The Kier molecular flexibility index (Phi) is 2.78. The topological polar surface area (TPSA) is 53.1 Å². The number of benzene rings is 1. The van der Waals surface area contributed by atoms with Crippen LogP contribution in [0.1, 0.15) is 35.4 Å². The smallest absolute Gasteiger partial charge is 0.129 e. The van der Waals surface area contributed by atoms with Crippen LogP contribution in [0, 0.1) is 12.7 Å². The number of halogens is 1. The second-order valence-corrected chi connectivity index (χ2v) is 4.94. The highest BCUT2D eigenvalue weighted by Gasteiger charge is 2.29. The Morgan fingerprint density at radius 2 is 2.21 bits per heavy atom. The Balaban J connectivity index is 1.97. The summed E-state index contributed by atoms with van der Waals surface area (Å²) in [6, 6.07) is 4.27. The summed E-state index contributed by atoms with van der Waals surface area (Å²) in [5.41, 5.74) is 8.95. The average molecular weight is 261 g/mol. The van der Waals surface area contributed by atoms with E-state index in [1.807, 2.05) is 18.7 Å². The number of nitrogens with zero attached hydrogens (tertiary/aromatic N) is 2. The summed E-state index contributed by atoms with van der Waals surface area (Å²) < 4.78 is 21.0. The molecule has 19 heavy (non-hydrogen) atoms. The lowest BCUT2D eigenvalue weighted by Gasteiger charge is -2.30. The molecule has 2 atom stereocenters. The van der Waals surface area contributed by atoms with Crippen LogP contribution in [0.25, 0.3) is 0 Å². The molecule has 4 nitrogen and oxygen atoms in total. The van der Waals surface area contributed by atoms with E-state index >= 15 is 0 Å². The van der Waals surface area contributed by atoms with E-state index in [-0.39, 0.29) is 18.0 Å². The number of ether oxygens (including phenoxy) is 1. The van der Waals surface area contributed by atoms with Gasteiger partial charge in [-0.1, -0.05) is 0 Å². The van der Waals surface area contributed by atoms with E-state index in [0.29, 0.717) is 12.2 Å². The Hall–Kier alpha value is -1.88. The molecule has 1 unspecified atom stereocenters. The standard InChI is InChI=1S/C14H16FN3O/c1-8-11(7-17-18(8)2)14-6-12(16)10-5-9(15)3-4-13(10)19-14/h3-5,7,12,14H,6,16H2,1-2H3/t12-,14?/m1/s1. The van der Waals surface area contributed by atoms with Gasteiger partial charge in [0.25, 0.3) is 0 Å². The second kappa shape index (κ2) is 4.35. The summed E-state index contributed by atoms with van der Waals surface area (Å²) in [5.74, 6) is 0.377. The SMILES string of the molecule is Cc1c(C2C[C@@H](N)c3cc(F)ccc3O2)cnn1C. The molecule has 0 radical (unpaired) electrons. The molecule has 0 saturated carbocycles. The van der Waals surface area contributed by atoms with Crippen molar-refractivity contribution in [3.8, 4) is 5.75 Å². The van der Waals surface area contributed by atoms with Crippen molar-refractivity contribution in [1.29, 1.82) is 0 Å². The number of hydrogen-bond donors (Lipinski definition) is 1. The highest BCUT2D eigenvalue weighted by Crippen LogP contribution is 2.40. The van der Waals surface area contributed by atoms with Gasteiger partial charge >= 0.3 is 0 Å². The van der Waals surface area contributed by atoms with Gasteiger partial charge in [-0.2, -0.15) is 5.10 Å². The van der Waals surface area contributed by atoms with E-state index in [1.54, 1.807) is 12.3 Å². The van der Waals surface area contributed by atoms with Crippen LogP contribution in [-0.4, -0.2) is 9.78 Å². The van der Waals surface area contributed by atoms with E-state index in [9.17, 15) is 4.39 Å². The molecule has 100 valence electrons. The van der Waals surface area contributed by atoms with Crippen molar-refractivity contribution in [2.24, 2.45) is 12.8 Å². The fourth-order valence-corrected chi connectivity index (χ4v) is 2.50. The molecule has 0 spiro atoms. The van der Waals surface area contributed by atoms with Crippen molar-refractivity contribution in [2.75, 3.05) is 0 Å². The van der Waals surface area contributed by atoms with Crippen LogP contribution in [0.5, 0.6) is 5.75 Å². The fourth-order valence-electron chi connectivity index (χ4n) is 2.50. The lowest BCUT2D eigenvalue weighted by atomic mass is 9.94. The first-order chi connectivity index (χ1) is 9.06. The predicted molar refractivity (Wildman–Crippen MR) is 69.3 cm³/mol. The van der Waals surface area contributed by atoms with Gasteiger partial charge in [-0.05, 0) is 25.1 Å². The van der Waals surface area contributed by atoms with E-state index in [2.05, 4.69) is 5.10 Å². The molecule has 0 fully saturated rings. The van der Waals surface area contributed by atoms with Crippen LogP contribution >= 0.6 is 0 Å². The van der Waals surface area contributed by atoms with E-state index in [1.165, 1.54) is 12.1 Å². The summed E-state index contributed by atoms with van der Waals surface area (Å²) in [4.78, 5) is 0. The van der Waals surface area contributed by atoms with Gasteiger partial charge in [-0.25, -0.2) is 4.39 Å². The molecular formula is C14H16FN3O. The molecule has 1 aromatic carbocycles. The summed E-state index contributed by atoms with van der Waals surface area (Å²) in [7, 11) is 1.89. The first kappa shape index (κ1) is 12.2. The quantitative estimate of drug-likeness (QED) is 0.857. The molecule has 2 aromatic rings. The zero-order chi connectivity index (χ0) is 13.6. The molecule has 5 heteroatoms. The highest BCUT2D eigenvalue weighted by molar-refractivity contribution is 5.39. The minimum absolute atomic E-state index is 0.123. The largest absolute Gasteiger partial charge is 0.485 e. The molecule has 1 aliphatic rings. The molecular weight excluding hydrogens is 245 g/mol. The first-order valence-corrected chi connectivity index (χ1v) is 6.26. The van der Waals surface area contributed by atoms with Crippen molar-refractivity contribution in [2.45, 2.75) is 25.5 Å².